The number of ketones is 1. The highest BCUT2D eigenvalue weighted by atomic mass is 16.5. The fourth-order valence-corrected chi connectivity index (χ4v) is 4.58. The van der Waals surface area contributed by atoms with Crippen LogP contribution in [0, 0.1) is 5.41 Å². The van der Waals surface area contributed by atoms with Gasteiger partial charge in [0.1, 0.15) is 12.1 Å². The van der Waals surface area contributed by atoms with Gasteiger partial charge in [0.15, 0.2) is 5.78 Å². The summed E-state index contributed by atoms with van der Waals surface area (Å²) in [6, 6.07) is 12.8. The number of anilines is 1. The van der Waals surface area contributed by atoms with E-state index < -0.39 is 41.4 Å². The maximum absolute atomic E-state index is 13.9. The zero-order valence-electron chi connectivity index (χ0n) is 21.2. The minimum Gasteiger partial charge on any atom is -0.480 e. The number of rotatable bonds is 9. The fraction of sp³-hybridized carbons (Fsp3) is 0.429. The first-order valence-electron chi connectivity index (χ1n) is 12.2. The molecule has 0 bridgehead atoms. The van der Waals surface area contributed by atoms with Crippen molar-refractivity contribution in [2.24, 2.45) is 5.41 Å². The third kappa shape index (κ3) is 6.18. The van der Waals surface area contributed by atoms with Crippen LogP contribution in [0.2, 0.25) is 0 Å². The van der Waals surface area contributed by atoms with Crippen LogP contribution in [0.15, 0.2) is 54.6 Å². The molecule has 192 valence electrons. The van der Waals surface area contributed by atoms with Crippen LogP contribution in [0.25, 0.3) is 0 Å². The number of nitrogens with one attached hydrogen (secondary N) is 1. The first-order chi connectivity index (χ1) is 17.0. The number of Topliss-reactive ketones (excluding diaryl/α,β-unsaturated/α-hetero) is 1. The van der Waals surface area contributed by atoms with Gasteiger partial charge in [-0.25, -0.2) is 4.79 Å². The molecular weight excluding hydrogens is 460 g/mol. The number of carbonyl (C=O) groups excluding carboxylic acids is 3. The highest BCUT2D eigenvalue weighted by molar-refractivity contribution is 6.04. The number of nitrogens with zero attached hydrogens (tertiary/aromatic N) is 1. The summed E-state index contributed by atoms with van der Waals surface area (Å²) in [6.45, 7) is 7.11. The summed E-state index contributed by atoms with van der Waals surface area (Å²) < 4.78 is 5.20. The van der Waals surface area contributed by atoms with E-state index in [0.717, 1.165) is 5.56 Å². The number of esters is 1. The van der Waals surface area contributed by atoms with Gasteiger partial charge < -0.3 is 9.84 Å². The van der Waals surface area contributed by atoms with Crippen molar-refractivity contribution in [3.63, 3.8) is 0 Å². The van der Waals surface area contributed by atoms with Crippen LogP contribution < -0.4 is 10.2 Å². The van der Waals surface area contributed by atoms with E-state index in [0.29, 0.717) is 24.1 Å². The SMILES string of the molecule is CCOC(=O)C(CC(=O)c1ccccc1)NC1CCc2ccccc2N(C(C(=O)O)C(C)(C)C)C1=O. The molecule has 0 fully saturated rings. The van der Waals surface area contributed by atoms with Gasteiger partial charge in [-0.05, 0) is 36.8 Å². The lowest BCUT2D eigenvalue weighted by molar-refractivity contribution is -0.146. The number of aliphatic carboxylic acids is 1. The quantitative estimate of drug-likeness (QED) is 0.404. The molecule has 1 aliphatic heterocycles. The van der Waals surface area contributed by atoms with E-state index in [9.17, 15) is 24.3 Å². The molecule has 0 saturated heterocycles. The zero-order chi connectivity index (χ0) is 26.5. The van der Waals surface area contributed by atoms with Crippen LogP contribution in [0.3, 0.4) is 0 Å². The van der Waals surface area contributed by atoms with Gasteiger partial charge in [0.25, 0.3) is 0 Å². The minimum absolute atomic E-state index is 0.123. The molecular formula is C28H34N2O6. The van der Waals surface area contributed by atoms with Crippen molar-refractivity contribution in [3.8, 4) is 0 Å². The standard InChI is InChI=1S/C28H34N2O6/c1-5-36-27(35)21(17-23(31)19-12-7-6-8-13-19)29-20-16-15-18-11-9-10-14-22(18)30(25(20)32)24(26(33)34)28(2,3)4/h6-14,20-21,24,29H,5,15-17H2,1-4H3,(H,33,34). The molecule has 2 aromatic rings. The number of carboxylic acid groups (broad SMARTS) is 1. The van der Waals surface area contributed by atoms with Crippen LogP contribution in [-0.2, 0) is 25.5 Å². The van der Waals surface area contributed by atoms with Crippen LogP contribution in [0.1, 0.15) is 56.5 Å². The Morgan fingerprint density at radius 3 is 2.33 bits per heavy atom. The number of fused-ring (bicyclic) bond motifs is 1. The van der Waals surface area contributed by atoms with E-state index in [1.54, 1.807) is 70.2 Å². The Labute approximate surface area is 211 Å². The number of benzene rings is 2. The highest BCUT2D eigenvalue weighted by Crippen LogP contribution is 2.35. The second kappa shape index (κ2) is 11.5. The van der Waals surface area contributed by atoms with Crippen molar-refractivity contribution in [2.45, 2.75) is 65.1 Å². The number of hydrogen-bond donors (Lipinski definition) is 2. The Morgan fingerprint density at radius 2 is 1.72 bits per heavy atom. The second-order valence-corrected chi connectivity index (χ2v) is 10.00. The maximum Gasteiger partial charge on any atom is 0.327 e. The van der Waals surface area contributed by atoms with Crippen molar-refractivity contribution in [1.82, 2.24) is 5.32 Å². The molecule has 2 aromatic carbocycles. The van der Waals surface area contributed by atoms with E-state index in [-0.39, 0.29) is 18.8 Å². The molecule has 8 heteroatoms. The number of ether oxygens (including phenoxy) is 1. The number of aryl methyl sites for hydroxylation is 1. The van der Waals surface area contributed by atoms with E-state index in [2.05, 4.69) is 5.32 Å². The highest BCUT2D eigenvalue weighted by Gasteiger charge is 2.44. The Hall–Kier alpha value is -3.52. The number of carbonyl (C=O) groups is 4. The average molecular weight is 495 g/mol. The van der Waals surface area contributed by atoms with Gasteiger partial charge in [-0.3, -0.25) is 24.6 Å². The third-order valence-electron chi connectivity index (χ3n) is 6.26. The van der Waals surface area contributed by atoms with E-state index >= 15 is 0 Å². The summed E-state index contributed by atoms with van der Waals surface area (Å²) in [5.41, 5.74) is 1.07. The fourth-order valence-electron chi connectivity index (χ4n) is 4.58. The summed E-state index contributed by atoms with van der Waals surface area (Å²) in [4.78, 5) is 53.4. The summed E-state index contributed by atoms with van der Waals surface area (Å²) in [5.74, 6) is -2.47. The van der Waals surface area contributed by atoms with E-state index in [1.807, 2.05) is 12.1 Å². The maximum atomic E-state index is 13.9. The number of carboxylic acids is 1. The van der Waals surface area contributed by atoms with Crippen molar-refractivity contribution < 1.29 is 29.0 Å². The van der Waals surface area contributed by atoms with Gasteiger partial charge >= 0.3 is 11.9 Å². The van der Waals surface area contributed by atoms with Gasteiger partial charge in [0.05, 0.1) is 12.6 Å². The Kier molecular flexibility index (Phi) is 8.63. The van der Waals surface area contributed by atoms with Gasteiger partial charge in [0.2, 0.25) is 5.91 Å². The second-order valence-electron chi connectivity index (χ2n) is 10.00. The van der Waals surface area contributed by atoms with Crippen molar-refractivity contribution in [2.75, 3.05) is 11.5 Å². The topological polar surface area (TPSA) is 113 Å². The molecule has 0 aromatic heterocycles. The largest absolute Gasteiger partial charge is 0.480 e. The Morgan fingerprint density at radius 1 is 1.08 bits per heavy atom. The Bertz CT molecular complexity index is 1110. The molecule has 3 atom stereocenters. The third-order valence-corrected chi connectivity index (χ3v) is 6.26. The number of para-hydroxylation sites is 1. The first kappa shape index (κ1) is 27.1. The normalized spacial score (nSPS) is 17.5. The van der Waals surface area contributed by atoms with Crippen LogP contribution >= 0.6 is 0 Å². The van der Waals surface area contributed by atoms with E-state index in [1.165, 1.54) is 4.90 Å². The number of hydrogen-bond acceptors (Lipinski definition) is 6. The minimum atomic E-state index is -1.14. The lowest BCUT2D eigenvalue weighted by Crippen LogP contribution is -2.59. The summed E-state index contributed by atoms with van der Waals surface area (Å²) in [7, 11) is 0. The van der Waals surface area contributed by atoms with Crippen LogP contribution in [-0.4, -0.2) is 53.5 Å². The summed E-state index contributed by atoms with van der Waals surface area (Å²) >= 11 is 0. The molecule has 2 N–H and O–H groups in total. The molecule has 0 radical (unpaired) electrons. The lowest BCUT2D eigenvalue weighted by atomic mass is 9.85. The molecule has 1 heterocycles. The molecule has 0 aliphatic carbocycles. The molecule has 0 spiro atoms. The first-order valence-corrected chi connectivity index (χ1v) is 12.2. The van der Waals surface area contributed by atoms with Crippen LogP contribution in [0.4, 0.5) is 5.69 Å². The van der Waals surface area contributed by atoms with Crippen molar-refractivity contribution >= 4 is 29.3 Å². The molecule has 1 amide bonds. The van der Waals surface area contributed by atoms with E-state index in [4.69, 9.17) is 4.74 Å². The van der Waals surface area contributed by atoms with Gasteiger partial charge in [-0.2, -0.15) is 0 Å². The summed E-state index contributed by atoms with van der Waals surface area (Å²) in [5, 5.41) is 13.2. The molecule has 3 unspecified atom stereocenters. The van der Waals surface area contributed by atoms with Gasteiger partial charge in [-0.15, -0.1) is 0 Å². The number of amides is 1. The van der Waals surface area contributed by atoms with Gasteiger partial charge in [0, 0.05) is 17.7 Å². The predicted molar refractivity (Wildman–Crippen MR) is 136 cm³/mol. The van der Waals surface area contributed by atoms with Crippen molar-refractivity contribution in [3.05, 3.63) is 65.7 Å². The monoisotopic (exact) mass is 494 g/mol. The zero-order valence-corrected chi connectivity index (χ0v) is 21.2. The molecule has 36 heavy (non-hydrogen) atoms. The molecule has 3 rings (SSSR count). The molecule has 8 nitrogen and oxygen atoms in total. The van der Waals surface area contributed by atoms with Crippen LogP contribution in [0.5, 0.6) is 0 Å². The summed E-state index contributed by atoms with van der Waals surface area (Å²) in [6.07, 6.45) is 0.633. The smallest absolute Gasteiger partial charge is 0.327 e. The predicted octanol–water partition coefficient (Wildman–Crippen LogP) is 3.63. The van der Waals surface area contributed by atoms with Crippen molar-refractivity contribution in [1.29, 1.82) is 0 Å². The molecule has 0 saturated carbocycles. The average Bonchev–Trinajstić information content (AvgIpc) is 2.95. The Balaban J connectivity index is 1.97. The molecule has 1 aliphatic rings. The van der Waals surface area contributed by atoms with Gasteiger partial charge in [-0.1, -0.05) is 69.3 Å². The lowest BCUT2D eigenvalue weighted by Gasteiger charge is -2.38.